The van der Waals surface area contributed by atoms with Gasteiger partial charge in [-0.05, 0) is 48.6 Å². The van der Waals surface area contributed by atoms with Gasteiger partial charge in [0.25, 0.3) is 0 Å². The third-order valence-electron chi connectivity index (χ3n) is 7.44. The van der Waals surface area contributed by atoms with Crippen LogP contribution < -0.4 is 5.73 Å². The van der Waals surface area contributed by atoms with Gasteiger partial charge in [-0.2, -0.15) is 0 Å². The van der Waals surface area contributed by atoms with E-state index in [2.05, 4.69) is 79.2 Å². The molecule has 0 atom stereocenters. The van der Waals surface area contributed by atoms with Crippen LogP contribution in [0, 0.1) is 0 Å². The van der Waals surface area contributed by atoms with E-state index in [-0.39, 0.29) is 5.54 Å². The molecule has 2 aromatic carbocycles. The van der Waals surface area contributed by atoms with E-state index in [9.17, 15) is 0 Å². The summed E-state index contributed by atoms with van der Waals surface area (Å²) in [4.78, 5) is 13.8. The standard InChI is InChI=1S/C30H25N7/c31-30(13-4-14-30)22-9-7-21(8-10-22)29-24(20-5-2-1-3-6-20)18-26-25(34-29)11-12-27-35-36-28(37(26)27)17-23-19-32-15-16-33-23/h1-3,5-12,15-16,18-19H,4,13-14,17,31H2. The molecular formula is C30H25N7. The van der Waals surface area contributed by atoms with Crippen LogP contribution in [0.5, 0.6) is 0 Å². The van der Waals surface area contributed by atoms with Crippen LogP contribution in [0.2, 0.25) is 0 Å². The third kappa shape index (κ3) is 3.75. The van der Waals surface area contributed by atoms with Gasteiger partial charge in [0.2, 0.25) is 0 Å². The van der Waals surface area contributed by atoms with E-state index in [1.54, 1.807) is 18.6 Å². The average molecular weight is 484 g/mol. The summed E-state index contributed by atoms with van der Waals surface area (Å²) in [5, 5.41) is 8.89. The van der Waals surface area contributed by atoms with E-state index in [1.165, 1.54) is 12.0 Å². The Morgan fingerprint density at radius 1 is 0.865 bits per heavy atom. The number of hydrogen-bond acceptors (Lipinski definition) is 6. The van der Waals surface area contributed by atoms with E-state index in [4.69, 9.17) is 10.7 Å². The van der Waals surface area contributed by atoms with Crippen LogP contribution in [-0.4, -0.2) is 29.5 Å². The van der Waals surface area contributed by atoms with Crippen LogP contribution in [0.15, 0.2) is 91.4 Å². The lowest BCUT2D eigenvalue weighted by atomic mass is 9.72. The zero-order valence-electron chi connectivity index (χ0n) is 20.2. The van der Waals surface area contributed by atoms with Gasteiger partial charge in [-0.25, -0.2) is 4.98 Å². The van der Waals surface area contributed by atoms with E-state index in [1.807, 2.05) is 18.2 Å². The molecule has 1 aliphatic carbocycles. The SMILES string of the molecule is NC1(c2ccc(-c3nc4ccc5nnc(Cc6cnccn6)n5c4cc3-c3ccccc3)cc2)CCC1. The van der Waals surface area contributed by atoms with Gasteiger partial charge in [-0.3, -0.25) is 14.4 Å². The number of benzene rings is 2. The molecule has 7 rings (SSSR count). The highest BCUT2D eigenvalue weighted by atomic mass is 15.2. The molecule has 4 aromatic heterocycles. The lowest BCUT2D eigenvalue weighted by molar-refractivity contribution is 0.253. The van der Waals surface area contributed by atoms with Crippen molar-refractivity contribution in [3.8, 4) is 22.4 Å². The number of hydrogen-bond donors (Lipinski definition) is 1. The van der Waals surface area contributed by atoms with Gasteiger partial charge < -0.3 is 5.73 Å². The molecule has 1 aliphatic rings. The summed E-state index contributed by atoms with van der Waals surface area (Å²) in [5.41, 5.74) is 15.2. The van der Waals surface area contributed by atoms with Crippen molar-refractivity contribution < 1.29 is 0 Å². The fourth-order valence-electron chi connectivity index (χ4n) is 5.23. The van der Waals surface area contributed by atoms with Gasteiger partial charge in [0, 0.05) is 35.3 Å². The third-order valence-corrected chi connectivity index (χ3v) is 7.44. The highest BCUT2D eigenvalue weighted by molar-refractivity contribution is 5.91. The average Bonchev–Trinajstić information content (AvgIpc) is 3.35. The number of rotatable bonds is 5. The molecule has 180 valence electrons. The van der Waals surface area contributed by atoms with Gasteiger partial charge in [-0.15, -0.1) is 10.2 Å². The Morgan fingerprint density at radius 2 is 1.70 bits per heavy atom. The molecule has 7 nitrogen and oxygen atoms in total. The molecule has 0 aliphatic heterocycles. The van der Waals surface area contributed by atoms with Crippen LogP contribution in [0.1, 0.15) is 36.3 Å². The number of aromatic nitrogens is 6. The fraction of sp³-hybridized carbons (Fsp3) is 0.167. The van der Waals surface area contributed by atoms with Crippen LogP contribution in [0.25, 0.3) is 39.1 Å². The van der Waals surface area contributed by atoms with E-state index >= 15 is 0 Å². The monoisotopic (exact) mass is 483 g/mol. The van der Waals surface area contributed by atoms with E-state index < -0.39 is 0 Å². The highest BCUT2D eigenvalue weighted by Crippen LogP contribution is 2.40. The Morgan fingerprint density at radius 3 is 2.43 bits per heavy atom. The number of pyridine rings is 2. The van der Waals surface area contributed by atoms with Gasteiger partial charge in [-0.1, -0.05) is 54.6 Å². The molecule has 0 spiro atoms. The summed E-state index contributed by atoms with van der Waals surface area (Å²) in [6, 6.07) is 25.2. The number of fused-ring (bicyclic) bond motifs is 3. The Hall–Kier alpha value is -4.49. The van der Waals surface area contributed by atoms with Crippen LogP contribution >= 0.6 is 0 Å². The van der Waals surface area contributed by atoms with Gasteiger partial charge >= 0.3 is 0 Å². The van der Waals surface area contributed by atoms with Crippen molar-refractivity contribution in [2.24, 2.45) is 5.73 Å². The first-order chi connectivity index (χ1) is 18.2. The number of nitrogens with two attached hydrogens (primary N) is 1. The molecule has 2 N–H and O–H groups in total. The van der Waals surface area contributed by atoms with E-state index in [0.717, 1.165) is 63.4 Å². The van der Waals surface area contributed by atoms with Crippen LogP contribution in [-0.2, 0) is 12.0 Å². The van der Waals surface area contributed by atoms with Gasteiger partial charge in [0.1, 0.15) is 5.82 Å². The van der Waals surface area contributed by atoms with Crippen molar-refractivity contribution in [2.75, 3.05) is 0 Å². The Bertz CT molecular complexity index is 1720. The maximum atomic E-state index is 6.58. The van der Waals surface area contributed by atoms with E-state index in [0.29, 0.717) is 6.42 Å². The smallest absolute Gasteiger partial charge is 0.161 e. The molecule has 0 bridgehead atoms. The quantitative estimate of drug-likeness (QED) is 0.356. The van der Waals surface area contributed by atoms with Crippen LogP contribution in [0.4, 0.5) is 0 Å². The number of nitrogens with zero attached hydrogens (tertiary/aromatic N) is 6. The van der Waals surface area contributed by atoms with Crippen LogP contribution in [0.3, 0.4) is 0 Å². The Labute approximate surface area is 214 Å². The minimum Gasteiger partial charge on any atom is -0.321 e. The normalized spacial score (nSPS) is 14.6. The Balaban J connectivity index is 1.42. The highest BCUT2D eigenvalue weighted by Gasteiger charge is 2.34. The summed E-state index contributed by atoms with van der Waals surface area (Å²) in [6.45, 7) is 0. The lowest BCUT2D eigenvalue weighted by Crippen LogP contribution is -2.43. The largest absolute Gasteiger partial charge is 0.321 e. The second kappa shape index (κ2) is 8.57. The topological polar surface area (TPSA) is 94.9 Å². The van der Waals surface area contributed by atoms with Crippen molar-refractivity contribution in [3.05, 3.63) is 108 Å². The summed E-state index contributed by atoms with van der Waals surface area (Å²) < 4.78 is 2.07. The second-order valence-corrected chi connectivity index (χ2v) is 9.76. The summed E-state index contributed by atoms with van der Waals surface area (Å²) in [5.74, 6) is 0.799. The molecule has 0 unspecified atom stereocenters. The summed E-state index contributed by atoms with van der Waals surface area (Å²) in [6.07, 6.45) is 8.93. The molecule has 0 saturated heterocycles. The van der Waals surface area contributed by atoms with Gasteiger partial charge in [0.05, 0.1) is 28.8 Å². The zero-order chi connectivity index (χ0) is 24.8. The van der Waals surface area contributed by atoms with Crippen molar-refractivity contribution in [1.82, 2.24) is 29.5 Å². The molecular weight excluding hydrogens is 458 g/mol. The molecule has 0 amide bonds. The predicted molar refractivity (Wildman–Crippen MR) is 144 cm³/mol. The molecule has 1 saturated carbocycles. The summed E-state index contributed by atoms with van der Waals surface area (Å²) >= 11 is 0. The maximum absolute atomic E-state index is 6.58. The first-order valence-corrected chi connectivity index (χ1v) is 12.6. The van der Waals surface area contributed by atoms with Crippen molar-refractivity contribution in [3.63, 3.8) is 0 Å². The minimum atomic E-state index is -0.183. The van der Waals surface area contributed by atoms with Gasteiger partial charge in [0.15, 0.2) is 5.65 Å². The molecule has 4 heterocycles. The second-order valence-electron chi connectivity index (χ2n) is 9.76. The molecule has 6 aromatic rings. The molecule has 1 fully saturated rings. The zero-order valence-corrected chi connectivity index (χ0v) is 20.2. The summed E-state index contributed by atoms with van der Waals surface area (Å²) in [7, 11) is 0. The molecule has 37 heavy (non-hydrogen) atoms. The lowest BCUT2D eigenvalue weighted by Gasteiger charge is -2.38. The predicted octanol–water partition coefficient (Wildman–Crippen LogP) is 5.33. The first kappa shape index (κ1) is 21.8. The van der Waals surface area contributed by atoms with Crippen molar-refractivity contribution >= 4 is 16.7 Å². The maximum Gasteiger partial charge on any atom is 0.161 e. The first-order valence-electron chi connectivity index (χ1n) is 12.6. The van der Waals surface area contributed by atoms with Crippen molar-refractivity contribution in [1.29, 1.82) is 0 Å². The Kier molecular flexibility index (Phi) is 5.04. The molecule has 7 heteroatoms. The van der Waals surface area contributed by atoms with Crippen molar-refractivity contribution in [2.45, 2.75) is 31.2 Å². The molecule has 0 radical (unpaired) electrons. The fourth-order valence-corrected chi connectivity index (χ4v) is 5.23. The minimum absolute atomic E-state index is 0.183.